The number of carboxylic acids is 1. The number of carboxylic acid groups (broad SMARTS) is 1. The first kappa shape index (κ1) is 13.7. The number of aromatic carboxylic acids is 1. The third-order valence-corrected chi connectivity index (χ3v) is 3.25. The number of anilines is 1. The molecule has 94 valence electrons. The summed E-state index contributed by atoms with van der Waals surface area (Å²) in [5, 5.41) is 12.1. The number of thiophene rings is 1. The minimum absolute atomic E-state index is 0.122. The number of rotatable bonds is 5. The first-order valence-electron chi connectivity index (χ1n) is 5.53. The van der Waals surface area contributed by atoms with Crippen LogP contribution < -0.4 is 5.32 Å². The molecule has 1 rings (SSSR count). The maximum Gasteiger partial charge on any atom is 0.338 e. The lowest BCUT2D eigenvalue weighted by Crippen LogP contribution is -2.13. The van der Waals surface area contributed by atoms with E-state index in [1.165, 1.54) is 11.3 Å². The minimum Gasteiger partial charge on any atom is -0.478 e. The third kappa shape index (κ3) is 4.19. The molecule has 1 amide bonds. The van der Waals surface area contributed by atoms with Crippen LogP contribution in [0.25, 0.3) is 0 Å². The smallest absolute Gasteiger partial charge is 0.338 e. The zero-order chi connectivity index (χ0) is 13.0. The monoisotopic (exact) mass is 255 g/mol. The molecule has 0 aromatic carbocycles. The van der Waals surface area contributed by atoms with Crippen molar-refractivity contribution in [2.75, 3.05) is 5.32 Å². The molecule has 17 heavy (non-hydrogen) atoms. The number of carbonyl (C=O) groups excluding carboxylic acids is 1. The summed E-state index contributed by atoms with van der Waals surface area (Å²) in [4.78, 5) is 23.4. The van der Waals surface area contributed by atoms with Crippen LogP contribution in [0.5, 0.6) is 0 Å². The molecule has 0 spiro atoms. The Hall–Kier alpha value is -1.36. The Bertz CT molecular complexity index is 423. The van der Waals surface area contributed by atoms with Gasteiger partial charge in [-0.25, -0.2) is 4.79 Å². The molecule has 5 heteroatoms. The van der Waals surface area contributed by atoms with E-state index in [4.69, 9.17) is 5.11 Å². The second-order valence-corrected chi connectivity index (χ2v) is 5.64. The van der Waals surface area contributed by atoms with Gasteiger partial charge in [-0.3, -0.25) is 4.79 Å². The van der Waals surface area contributed by atoms with E-state index in [0.717, 1.165) is 11.3 Å². The van der Waals surface area contributed by atoms with Crippen LogP contribution in [0.1, 0.15) is 41.9 Å². The molecule has 4 nitrogen and oxygen atoms in total. The molecule has 1 aromatic heterocycles. The fourth-order valence-corrected chi connectivity index (χ4v) is 2.29. The predicted octanol–water partition coefficient (Wildman–Crippen LogP) is 3.13. The highest BCUT2D eigenvalue weighted by atomic mass is 32.1. The van der Waals surface area contributed by atoms with Crippen molar-refractivity contribution in [2.24, 2.45) is 5.92 Å². The summed E-state index contributed by atoms with van der Waals surface area (Å²) in [6, 6.07) is 1.57. The summed E-state index contributed by atoms with van der Waals surface area (Å²) in [6.45, 7) is 5.91. The van der Waals surface area contributed by atoms with Crippen LogP contribution in [0.4, 0.5) is 5.00 Å². The van der Waals surface area contributed by atoms with E-state index in [0.29, 0.717) is 17.3 Å². The van der Waals surface area contributed by atoms with E-state index in [1.54, 1.807) is 6.07 Å². The summed E-state index contributed by atoms with van der Waals surface area (Å²) in [7, 11) is 0. The van der Waals surface area contributed by atoms with Gasteiger partial charge in [0, 0.05) is 11.3 Å². The fourth-order valence-electron chi connectivity index (χ4n) is 1.37. The van der Waals surface area contributed by atoms with E-state index in [9.17, 15) is 9.59 Å². The number of aryl methyl sites for hydroxylation is 1. The third-order valence-electron chi connectivity index (χ3n) is 2.29. The molecule has 0 fully saturated rings. The second-order valence-electron chi connectivity index (χ2n) is 4.39. The Labute approximate surface area is 105 Å². The zero-order valence-electron chi connectivity index (χ0n) is 10.2. The van der Waals surface area contributed by atoms with Crippen molar-refractivity contribution in [3.63, 3.8) is 0 Å². The van der Waals surface area contributed by atoms with E-state index in [-0.39, 0.29) is 11.5 Å². The molecule has 0 saturated heterocycles. The highest BCUT2D eigenvalue weighted by Crippen LogP contribution is 2.27. The van der Waals surface area contributed by atoms with E-state index in [2.05, 4.69) is 5.32 Å². The molecule has 2 N–H and O–H groups in total. The molecule has 1 aromatic rings. The molecule has 0 atom stereocenters. The SMILES string of the molecule is Cc1cc(C(=O)O)c(NC(=O)CCC(C)C)s1. The number of hydrogen-bond donors (Lipinski definition) is 2. The quantitative estimate of drug-likeness (QED) is 0.849. The summed E-state index contributed by atoms with van der Waals surface area (Å²) in [5.41, 5.74) is 0.172. The molecular formula is C12H17NO3S. The molecule has 0 radical (unpaired) electrons. The largest absolute Gasteiger partial charge is 0.478 e. The number of amides is 1. The van der Waals surface area contributed by atoms with Crippen LogP contribution in [-0.4, -0.2) is 17.0 Å². The van der Waals surface area contributed by atoms with Crippen molar-refractivity contribution in [1.82, 2.24) is 0 Å². The molecule has 0 aliphatic heterocycles. The van der Waals surface area contributed by atoms with Crippen LogP contribution >= 0.6 is 11.3 Å². The average molecular weight is 255 g/mol. The van der Waals surface area contributed by atoms with Gasteiger partial charge in [0.1, 0.15) is 5.00 Å². The standard InChI is InChI=1S/C12H17NO3S/c1-7(2)4-5-10(14)13-11-9(12(15)16)6-8(3)17-11/h6-7H,4-5H2,1-3H3,(H,13,14)(H,15,16). The molecule has 1 heterocycles. The van der Waals surface area contributed by atoms with Crippen molar-refractivity contribution < 1.29 is 14.7 Å². The topological polar surface area (TPSA) is 66.4 Å². The van der Waals surface area contributed by atoms with Gasteiger partial charge >= 0.3 is 5.97 Å². The Morgan fingerprint density at radius 1 is 1.47 bits per heavy atom. The molecule has 0 aliphatic carbocycles. The van der Waals surface area contributed by atoms with Crippen LogP contribution in [0.3, 0.4) is 0 Å². The average Bonchev–Trinajstić information content (AvgIpc) is 2.56. The van der Waals surface area contributed by atoms with Crippen molar-refractivity contribution in [3.8, 4) is 0 Å². The van der Waals surface area contributed by atoms with Gasteiger partial charge in [0.2, 0.25) is 5.91 Å². The van der Waals surface area contributed by atoms with Crippen LogP contribution in [0.15, 0.2) is 6.07 Å². The molecule has 0 unspecified atom stereocenters. The van der Waals surface area contributed by atoms with Crippen molar-refractivity contribution in [1.29, 1.82) is 0 Å². The number of carbonyl (C=O) groups is 2. The Morgan fingerprint density at radius 3 is 2.65 bits per heavy atom. The van der Waals surface area contributed by atoms with Gasteiger partial charge in [-0.2, -0.15) is 0 Å². The van der Waals surface area contributed by atoms with Crippen molar-refractivity contribution in [3.05, 3.63) is 16.5 Å². The van der Waals surface area contributed by atoms with E-state index < -0.39 is 5.97 Å². The van der Waals surface area contributed by atoms with Gasteiger partial charge in [0.05, 0.1) is 5.56 Å². The highest BCUT2D eigenvalue weighted by molar-refractivity contribution is 7.16. The maximum atomic E-state index is 11.6. The normalized spacial score (nSPS) is 10.6. The Morgan fingerprint density at radius 2 is 2.12 bits per heavy atom. The van der Waals surface area contributed by atoms with Crippen LogP contribution in [-0.2, 0) is 4.79 Å². The van der Waals surface area contributed by atoms with Gasteiger partial charge in [-0.1, -0.05) is 13.8 Å². The molecular weight excluding hydrogens is 238 g/mol. The van der Waals surface area contributed by atoms with Gasteiger partial charge in [0.15, 0.2) is 0 Å². The summed E-state index contributed by atoms with van der Waals surface area (Å²) in [5.74, 6) is -0.665. The fraction of sp³-hybridized carbons (Fsp3) is 0.500. The van der Waals surface area contributed by atoms with Gasteiger partial charge in [0.25, 0.3) is 0 Å². The zero-order valence-corrected chi connectivity index (χ0v) is 11.1. The predicted molar refractivity (Wildman–Crippen MR) is 68.7 cm³/mol. The van der Waals surface area contributed by atoms with Crippen molar-refractivity contribution in [2.45, 2.75) is 33.6 Å². The molecule has 0 aliphatic rings. The molecule has 0 bridgehead atoms. The second kappa shape index (κ2) is 5.82. The summed E-state index contributed by atoms with van der Waals surface area (Å²) < 4.78 is 0. The highest BCUT2D eigenvalue weighted by Gasteiger charge is 2.15. The lowest BCUT2D eigenvalue weighted by molar-refractivity contribution is -0.116. The first-order valence-corrected chi connectivity index (χ1v) is 6.35. The van der Waals surface area contributed by atoms with E-state index >= 15 is 0 Å². The minimum atomic E-state index is -1.01. The number of nitrogens with one attached hydrogen (secondary N) is 1. The maximum absolute atomic E-state index is 11.6. The Kier molecular flexibility index (Phi) is 4.69. The first-order chi connectivity index (χ1) is 7.90. The van der Waals surface area contributed by atoms with Crippen LogP contribution in [0.2, 0.25) is 0 Å². The van der Waals surface area contributed by atoms with Gasteiger partial charge in [-0.15, -0.1) is 11.3 Å². The summed E-state index contributed by atoms with van der Waals surface area (Å²) in [6.07, 6.45) is 1.23. The van der Waals surface area contributed by atoms with E-state index in [1.807, 2.05) is 20.8 Å². The van der Waals surface area contributed by atoms with Crippen molar-refractivity contribution >= 4 is 28.2 Å². The lowest BCUT2D eigenvalue weighted by Gasteiger charge is -2.05. The molecule has 0 saturated carbocycles. The Balaban J connectivity index is 2.68. The van der Waals surface area contributed by atoms with Gasteiger partial charge < -0.3 is 10.4 Å². The lowest BCUT2D eigenvalue weighted by atomic mass is 10.1. The van der Waals surface area contributed by atoms with Gasteiger partial charge in [-0.05, 0) is 25.3 Å². The van der Waals surface area contributed by atoms with Crippen LogP contribution in [0, 0.1) is 12.8 Å². The number of hydrogen-bond acceptors (Lipinski definition) is 3. The summed E-state index contributed by atoms with van der Waals surface area (Å²) >= 11 is 1.29.